The first-order valence-corrected chi connectivity index (χ1v) is 12.6. The van der Waals surface area contributed by atoms with Crippen molar-refractivity contribution < 1.29 is 19.5 Å². The lowest BCUT2D eigenvalue weighted by Crippen LogP contribution is -2.35. The third-order valence-electron chi connectivity index (χ3n) is 5.83. The van der Waals surface area contributed by atoms with Crippen LogP contribution in [0.4, 0.5) is 16.2 Å². The van der Waals surface area contributed by atoms with Crippen LogP contribution in [0.5, 0.6) is 0 Å². The van der Waals surface area contributed by atoms with Crippen LogP contribution in [0.3, 0.4) is 0 Å². The van der Waals surface area contributed by atoms with Crippen molar-refractivity contribution in [3.63, 3.8) is 0 Å². The summed E-state index contributed by atoms with van der Waals surface area (Å²) in [4.78, 5) is 44.8. The number of aromatic nitrogens is 1. The molecule has 4 rings (SSSR count). The van der Waals surface area contributed by atoms with Gasteiger partial charge in [-0.2, -0.15) is 0 Å². The first-order chi connectivity index (χ1) is 17.2. The Morgan fingerprint density at radius 3 is 2.58 bits per heavy atom. The lowest BCUT2D eigenvalue weighted by molar-refractivity contribution is 0.0696. The normalized spacial score (nSPS) is 13.2. The van der Waals surface area contributed by atoms with Crippen molar-refractivity contribution in [3.05, 3.63) is 74.2 Å². The summed E-state index contributed by atoms with van der Waals surface area (Å²) in [7, 11) is 0. The lowest BCUT2D eigenvalue weighted by atomic mass is 10.1. The molecule has 3 aromatic rings. The van der Waals surface area contributed by atoms with Crippen molar-refractivity contribution in [3.8, 4) is 0 Å². The first kappa shape index (κ1) is 25.6. The number of aromatic carboxylic acids is 1. The Balaban J connectivity index is 1.47. The molecule has 1 aliphatic rings. The van der Waals surface area contributed by atoms with Crippen molar-refractivity contribution in [1.82, 2.24) is 15.2 Å². The van der Waals surface area contributed by atoms with Crippen LogP contribution in [-0.2, 0) is 19.5 Å². The summed E-state index contributed by atoms with van der Waals surface area (Å²) in [6.45, 7) is 5.99. The quantitative estimate of drug-likeness (QED) is 0.349. The molecule has 9 nitrogen and oxygen atoms in total. The van der Waals surface area contributed by atoms with Gasteiger partial charge in [-0.05, 0) is 55.8 Å². The van der Waals surface area contributed by atoms with E-state index in [2.05, 4.69) is 39.7 Å². The third kappa shape index (κ3) is 6.20. The maximum atomic E-state index is 13.1. The zero-order valence-electron chi connectivity index (χ0n) is 19.8. The molecular weight excluding hydrogens is 502 g/mol. The largest absolute Gasteiger partial charge is 0.478 e. The second kappa shape index (κ2) is 11.1. The molecular formula is C25H26ClN5O4S. The Morgan fingerprint density at radius 1 is 1.14 bits per heavy atom. The molecule has 36 heavy (non-hydrogen) atoms. The molecule has 0 unspecified atom stereocenters. The molecule has 0 bridgehead atoms. The molecule has 0 saturated heterocycles. The number of nitrogens with one attached hydrogen (secondary N) is 3. The van der Waals surface area contributed by atoms with E-state index in [0.29, 0.717) is 33.0 Å². The van der Waals surface area contributed by atoms with Gasteiger partial charge in [-0.3, -0.25) is 9.69 Å². The van der Waals surface area contributed by atoms with Gasteiger partial charge in [0.1, 0.15) is 0 Å². The fourth-order valence-corrected chi connectivity index (χ4v) is 4.95. The Kier molecular flexibility index (Phi) is 7.88. The molecule has 0 saturated carbocycles. The van der Waals surface area contributed by atoms with Crippen LogP contribution < -0.4 is 16.0 Å². The monoisotopic (exact) mass is 527 g/mol. The molecule has 188 valence electrons. The number of anilines is 2. The maximum Gasteiger partial charge on any atom is 0.335 e. The summed E-state index contributed by atoms with van der Waals surface area (Å²) in [6.07, 6.45) is 0.781. The van der Waals surface area contributed by atoms with Crippen molar-refractivity contribution in [2.75, 3.05) is 17.2 Å². The van der Waals surface area contributed by atoms with E-state index in [1.165, 1.54) is 23.5 Å². The van der Waals surface area contributed by atoms with E-state index in [0.717, 1.165) is 30.1 Å². The number of fused-ring (bicyclic) bond motifs is 1. The molecule has 4 N–H and O–H groups in total. The molecule has 0 atom stereocenters. The fraction of sp³-hybridized carbons (Fsp3) is 0.280. The topological polar surface area (TPSA) is 124 Å². The molecule has 0 spiro atoms. The van der Waals surface area contributed by atoms with E-state index in [1.54, 1.807) is 30.3 Å². The molecule has 0 aliphatic carbocycles. The molecule has 2 heterocycles. The summed E-state index contributed by atoms with van der Waals surface area (Å²) in [5.74, 6) is -1.54. The smallest absolute Gasteiger partial charge is 0.335 e. The predicted molar refractivity (Wildman–Crippen MR) is 140 cm³/mol. The minimum Gasteiger partial charge on any atom is -0.478 e. The first-order valence-electron chi connectivity index (χ1n) is 11.4. The number of rotatable bonds is 7. The number of nitrogens with zero attached hydrogens (tertiary/aromatic N) is 2. The van der Waals surface area contributed by atoms with E-state index in [9.17, 15) is 19.5 Å². The van der Waals surface area contributed by atoms with E-state index in [-0.39, 0.29) is 12.1 Å². The molecule has 0 fully saturated rings. The highest BCUT2D eigenvalue weighted by Crippen LogP contribution is 2.27. The van der Waals surface area contributed by atoms with Crippen LogP contribution in [0.15, 0.2) is 42.5 Å². The molecule has 1 aromatic heterocycles. The number of hydrogen-bond donors (Lipinski definition) is 4. The van der Waals surface area contributed by atoms with Gasteiger partial charge < -0.3 is 21.1 Å². The molecule has 0 radical (unpaired) electrons. The van der Waals surface area contributed by atoms with Crippen molar-refractivity contribution in [1.29, 1.82) is 0 Å². The highest BCUT2D eigenvalue weighted by Gasteiger charge is 2.25. The van der Waals surface area contributed by atoms with Gasteiger partial charge in [0.05, 0.1) is 11.3 Å². The molecule has 2 aromatic carbocycles. The summed E-state index contributed by atoms with van der Waals surface area (Å²) in [6, 6.07) is 11.0. The average Bonchev–Trinajstić information content (AvgIpc) is 3.28. The summed E-state index contributed by atoms with van der Waals surface area (Å²) < 4.78 is 0. The van der Waals surface area contributed by atoms with Gasteiger partial charge in [-0.15, -0.1) is 11.3 Å². The Labute approximate surface area is 217 Å². The van der Waals surface area contributed by atoms with Crippen LogP contribution in [0.25, 0.3) is 0 Å². The van der Waals surface area contributed by atoms with Crippen LogP contribution in [0.1, 0.15) is 50.1 Å². The number of carboxylic acids is 1. The van der Waals surface area contributed by atoms with E-state index < -0.39 is 17.9 Å². The minimum atomic E-state index is -1.12. The van der Waals surface area contributed by atoms with Gasteiger partial charge in [-0.25, -0.2) is 14.6 Å². The molecule has 11 heteroatoms. The van der Waals surface area contributed by atoms with Crippen LogP contribution in [0.2, 0.25) is 5.02 Å². The Bertz CT molecular complexity index is 1290. The van der Waals surface area contributed by atoms with Crippen molar-refractivity contribution >= 4 is 52.2 Å². The number of urea groups is 1. The molecule has 3 amide bonds. The predicted octanol–water partition coefficient (Wildman–Crippen LogP) is 4.84. The number of amides is 3. The summed E-state index contributed by atoms with van der Waals surface area (Å²) in [5.41, 5.74) is 2.36. The highest BCUT2D eigenvalue weighted by atomic mass is 35.5. The van der Waals surface area contributed by atoms with E-state index in [4.69, 9.17) is 11.6 Å². The van der Waals surface area contributed by atoms with Gasteiger partial charge in [-0.1, -0.05) is 17.7 Å². The van der Waals surface area contributed by atoms with Gasteiger partial charge in [0.15, 0.2) is 5.01 Å². The average molecular weight is 528 g/mol. The standard InChI is InChI=1S/C25H26ClN5O4S/c1-14(2)31-10-9-19-21(13-31)36-23(30-19)22(32)29-20-11-15(24(33)34)3-4-16(20)12-27-25(35)28-18-7-5-17(26)6-8-18/h3-8,11,14H,9-10,12-13H2,1-2H3,(H,29,32)(H,33,34)(H2,27,28,35). The summed E-state index contributed by atoms with van der Waals surface area (Å²) >= 11 is 7.22. The zero-order valence-corrected chi connectivity index (χ0v) is 21.4. The SMILES string of the molecule is CC(C)N1CCc2nc(C(=O)Nc3cc(C(=O)O)ccc3CNC(=O)Nc3ccc(Cl)cc3)sc2C1. The second-order valence-corrected chi connectivity index (χ2v) is 10.2. The number of benzene rings is 2. The number of halogens is 1. The van der Waals surface area contributed by atoms with E-state index in [1.807, 2.05) is 0 Å². The lowest BCUT2D eigenvalue weighted by Gasteiger charge is -2.29. The zero-order chi connectivity index (χ0) is 25.8. The maximum absolute atomic E-state index is 13.1. The second-order valence-electron chi connectivity index (χ2n) is 8.65. The fourth-order valence-electron chi connectivity index (χ4n) is 3.79. The molecule has 1 aliphatic heterocycles. The Hall–Kier alpha value is -3.47. The number of hydrogen-bond acceptors (Lipinski definition) is 6. The van der Waals surface area contributed by atoms with Gasteiger partial charge in [0.2, 0.25) is 0 Å². The number of carboxylic acid groups (broad SMARTS) is 1. The van der Waals surface area contributed by atoms with E-state index >= 15 is 0 Å². The highest BCUT2D eigenvalue weighted by molar-refractivity contribution is 7.13. The van der Waals surface area contributed by atoms with Gasteiger partial charge >= 0.3 is 12.0 Å². The number of carbonyl (C=O) groups is 3. The van der Waals surface area contributed by atoms with Crippen molar-refractivity contribution in [2.24, 2.45) is 0 Å². The van der Waals surface area contributed by atoms with Crippen molar-refractivity contribution in [2.45, 2.75) is 39.4 Å². The van der Waals surface area contributed by atoms with Gasteiger partial charge in [0.25, 0.3) is 5.91 Å². The summed E-state index contributed by atoms with van der Waals surface area (Å²) in [5, 5.41) is 18.5. The number of carbonyl (C=O) groups excluding carboxylic acids is 2. The Morgan fingerprint density at radius 2 is 1.89 bits per heavy atom. The van der Waals surface area contributed by atoms with Gasteiger partial charge in [0, 0.05) is 53.4 Å². The van der Waals surface area contributed by atoms with Crippen LogP contribution in [0, 0.1) is 0 Å². The van der Waals surface area contributed by atoms with Crippen LogP contribution >= 0.6 is 22.9 Å². The third-order valence-corrected chi connectivity index (χ3v) is 7.16. The van der Waals surface area contributed by atoms with Crippen LogP contribution in [-0.4, -0.2) is 45.5 Å². The number of thiazole rings is 1. The minimum absolute atomic E-state index is 0.0191.